The monoisotopic (exact) mass is 563 g/mol. The number of aromatic nitrogens is 1. The lowest BCUT2D eigenvalue weighted by Crippen LogP contribution is -1.94. The lowest BCUT2D eigenvalue weighted by molar-refractivity contribution is 1.18. The van der Waals surface area contributed by atoms with Gasteiger partial charge in [0, 0.05) is 36.6 Å². The molecule has 7 aromatic carbocycles. The fourth-order valence-corrected chi connectivity index (χ4v) is 8.81. The minimum absolute atomic E-state index is 0.999. The van der Waals surface area contributed by atoms with Gasteiger partial charge in [-0.15, -0.1) is 11.3 Å². The summed E-state index contributed by atoms with van der Waals surface area (Å²) in [5.41, 5.74) is 11.9. The highest BCUT2D eigenvalue weighted by Crippen LogP contribution is 2.52. The zero-order chi connectivity index (χ0) is 28.1. The van der Waals surface area contributed by atoms with E-state index in [1.807, 2.05) is 11.3 Å². The number of fused-ring (bicyclic) bond motifs is 13. The van der Waals surface area contributed by atoms with Gasteiger partial charge in [0.2, 0.25) is 0 Å². The Labute approximate surface area is 252 Å². The lowest BCUT2D eigenvalue weighted by Gasteiger charge is -2.11. The molecule has 0 spiro atoms. The molecule has 0 radical (unpaired) electrons. The lowest BCUT2D eigenvalue weighted by atomic mass is 9.93. The van der Waals surface area contributed by atoms with Crippen LogP contribution in [0.4, 0.5) is 0 Å². The zero-order valence-electron chi connectivity index (χ0n) is 23.3. The second-order valence-electron chi connectivity index (χ2n) is 11.7. The third kappa shape index (κ3) is 3.22. The standard InChI is InChI=1S/C41H25NS/c1-2-11-25(12-3-1)26-14-10-15-28(21-26)42-36-20-9-8-18-31(36)33-23-35-38(24-37(33)42)43-41-32-19-7-6-17-30(32)34-22-27-13-4-5-16-29(27)39(34)40(35)41/h1-21,23-24H,22H2. The first-order chi connectivity index (χ1) is 21.3. The average Bonchev–Trinajstić information content (AvgIpc) is 3.74. The Morgan fingerprint density at radius 2 is 1.26 bits per heavy atom. The van der Waals surface area contributed by atoms with Crippen molar-refractivity contribution in [3.63, 3.8) is 0 Å². The number of hydrogen-bond donors (Lipinski definition) is 0. The minimum atomic E-state index is 0.999. The molecule has 1 aliphatic carbocycles. The van der Waals surface area contributed by atoms with Gasteiger partial charge in [-0.3, -0.25) is 0 Å². The summed E-state index contributed by atoms with van der Waals surface area (Å²) in [6.07, 6.45) is 0.999. The van der Waals surface area contributed by atoms with Crippen LogP contribution in [0.25, 0.3) is 80.7 Å². The van der Waals surface area contributed by atoms with E-state index in [9.17, 15) is 0 Å². The van der Waals surface area contributed by atoms with Gasteiger partial charge < -0.3 is 4.57 Å². The number of thiophene rings is 1. The summed E-state index contributed by atoms with van der Waals surface area (Å²) in [6.45, 7) is 0. The van der Waals surface area contributed by atoms with Gasteiger partial charge in [-0.1, -0.05) is 109 Å². The first-order valence-electron chi connectivity index (χ1n) is 14.9. The van der Waals surface area contributed by atoms with Crippen LogP contribution in [0.15, 0.2) is 140 Å². The summed E-state index contributed by atoms with van der Waals surface area (Å²) < 4.78 is 5.20. The molecule has 10 rings (SSSR count). The molecule has 1 aliphatic rings. The molecule has 2 heteroatoms. The third-order valence-electron chi connectivity index (χ3n) is 9.40. The van der Waals surface area contributed by atoms with Crippen LogP contribution in [-0.4, -0.2) is 4.57 Å². The van der Waals surface area contributed by atoms with Gasteiger partial charge in [0.1, 0.15) is 0 Å². The predicted molar refractivity (Wildman–Crippen MR) is 185 cm³/mol. The fourth-order valence-electron chi connectivity index (χ4n) is 7.55. The van der Waals surface area contributed by atoms with Crippen LogP contribution >= 0.6 is 11.3 Å². The highest BCUT2D eigenvalue weighted by molar-refractivity contribution is 7.27. The Morgan fingerprint density at radius 3 is 2.16 bits per heavy atom. The molecule has 0 amide bonds. The molecule has 9 aromatic rings. The molecule has 43 heavy (non-hydrogen) atoms. The quantitative estimate of drug-likeness (QED) is 0.197. The molecule has 200 valence electrons. The maximum absolute atomic E-state index is 2.49. The number of nitrogens with zero attached hydrogens (tertiary/aromatic N) is 1. The Bertz CT molecular complexity index is 2580. The zero-order valence-corrected chi connectivity index (χ0v) is 24.2. The smallest absolute Gasteiger partial charge is 0.0555 e. The van der Waals surface area contributed by atoms with Crippen molar-refractivity contribution in [2.24, 2.45) is 0 Å². The SMILES string of the molecule is c1ccc(-c2cccc(-n3c4ccccc4c4cc5c(cc43)sc3c4ccccc4c4c(c53)-c3ccccc3C4)c2)cc1. The molecule has 1 nitrogen and oxygen atoms in total. The van der Waals surface area contributed by atoms with E-state index in [4.69, 9.17) is 0 Å². The highest BCUT2D eigenvalue weighted by atomic mass is 32.1. The molecule has 0 saturated heterocycles. The van der Waals surface area contributed by atoms with Crippen LogP contribution in [0, 0.1) is 0 Å². The van der Waals surface area contributed by atoms with Crippen molar-refractivity contribution < 1.29 is 0 Å². The van der Waals surface area contributed by atoms with E-state index in [1.165, 1.54) is 91.8 Å². The molecule has 0 bridgehead atoms. The summed E-state index contributed by atoms with van der Waals surface area (Å²) in [6, 6.07) is 51.5. The molecule has 2 aromatic heterocycles. The van der Waals surface area contributed by atoms with Crippen molar-refractivity contribution in [1.82, 2.24) is 4.57 Å². The van der Waals surface area contributed by atoms with Crippen molar-refractivity contribution >= 4 is 64.1 Å². The molecule has 0 fully saturated rings. The van der Waals surface area contributed by atoms with Gasteiger partial charge in [-0.2, -0.15) is 0 Å². The van der Waals surface area contributed by atoms with Crippen molar-refractivity contribution in [1.29, 1.82) is 0 Å². The summed E-state index contributed by atoms with van der Waals surface area (Å²) >= 11 is 1.95. The average molecular weight is 564 g/mol. The van der Waals surface area contributed by atoms with Gasteiger partial charge in [0.25, 0.3) is 0 Å². The van der Waals surface area contributed by atoms with Gasteiger partial charge >= 0.3 is 0 Å². The number of rotatable bonds is 2. The van der Waals surface area contributed by atoms with Gasteiger partial charge in [-0.25, -0.2) is 0 Å². The second-order valence-corrected chi connectivity index (χ2v) is 12.7. The molecule has 0 saturated carbocycles. The van der Waals surface area contributed by atoms with Crippen LogP contribution in [0.1, 0.15) is 11.1 Å². The topological polar surface area (TPSA) is 4.93 Å². The van der Waals surface area contributed by atoms with Crippen molar-refractivity contribution in [2.45, 2.75) is 6.42 Å². The second kappa shape index (κ2) is 8.67. The first-order valence-corrected chi connectivity index (χ1v) is 15.7. The van der Waals surface area contributed by atoms with E-state index in [2.05, 4.69) is 144 Å². The van der Waals surface area contributed by atoms with Crippen LogP contribution in [0.3, 0.4) is 0 Å². The Morgan fingerprint density at radius 1 is 0.512 bits per heavy atom. The highest BCUT2D eigenvalue weighted by Gasteiger charge is 2.26. The number of para-hydroxylation sites is 1. The molecule has 0 atom stereocenters. The van der Waals surface area contributed by atoms with E-state index in [1.54, 1.807) is 0 Å². The van der Waals surface area contributed by atoms with Crippen molar-refractivity contribution in [3.05, 3.63) is 151 Å². The van der Waals surface area contributed by atoms with Gasteiger partial charge in [-0.05, 0) is 80.9 Å². The molecule has 0 unspecified atom stereocenters. The molecular weight excluding hydrogens is 539 g/mol. The van der Waals surface area contributed by atoms with E-state index in [0.717, 1.165) is 6.42 Å². The van der Waals surface area contributed by atoms with E-state index in [-0.39, 0.29) is 0 Å². The van der Waals surface area contributed by atoms with Crippen LogP contribution < -0.4 is 0 Å². The normalized spacial score (nSPS) is 12.6. The number of benzene rings is 7. The summed E-state index contributed by atoms with van der Waals surface area (Å²) in [4.78, 5) is 0. The van der Waals surface area contributed by atoms with E-state index in [0.29, 0.717) is 0 Å². The van der Waals surface area contributed by atoms with E-state index >= 15 is 0 Å². The first kappa shape index (κ1) is 23.4. The largest absolute Gasteiger partial charge is 0.309 e. The number of hydrogen-bond acceptors (Lipinski definition) is 1. The maximum atomic E-state index is 2.49. The molecular formula is C41H25NS. The Balaban J connectivity index is 1.33. The summed E-state index contributed by atoms with van der Waals surface area (Å²) in [7, 11) is 0. The molecule has 0 aliphatic heterocycles. The van der Waals surface area contributed by atoms with Crippen LogP contribution in [0.2, 0.25) is 0 Å². The predicted octanol–water partition coefficient (Wildman–Crippen LogP) is 11.5. The van der Waals surface area contributed by atoms with Crippen LogP contribution in [0.5, 0.6) is 0 Å². The van der Waals surface area contributed by atoms with Crippen molar-refractivity contribution in [3.8, 4) is 27.9 Å². The maximum Gasteiger partial charge on any atom is 0.0555 e. The summed E-state index contributed by atoms with van der Waals surface area (Å²) in [5, 5.41) is 8.15. The van der Waals surface area contributed by atoms with Gasteiger partial charge in [0.05, 0.1) is 11.0 Å². The van der Waals surface area contributed by atoms with E-state index < -0.39 is 0 Å². The van der Waals surface area contributed by atoms with Gasteiger partial charge in [0.15, 0.2) is 0 Å². The Kier molecular flexibility index (Phi) is 4.72. The molecule has 0 N–H and O–H groups in total. The fraction of sp³-hybridized carbons (Fsp3) is 0.0244. The van der Waals surface area contributed by atoms with Crippen LogP contribution in [-0.2, 0) is 6.42 Å². The molecule has 2 heterocycles. The summed E-state index contributed by atoms with van der Waals surface area (Å²) in [5.74, 6) is 0. The minimum Gasteiger partial charge on any atom is -0.309 e. The Hall–Kier alpha value is -5.18. The van der Waals surface area contributed by atoms with Crippen molar-refractivity contribution in [2.75, 3.05) is 0 Å². The third-order valence-corrected chi connectivity index (χ3v) is 10.6.